The van der Waals surface area contributed by atoms with E-state index < -0.39 is 21.5 Å². The number of carbonyl (C=O) groups is 1. The van der Waals surface area contributed by atoms with Gasteiger partial charge in [-0.2, -0.15) is 4.72 Å². The SMILES string of the molecule is CCC(C)(NS(=O)(=O)c1ccccc1C(=O)O)c1nc(C)cs1. The molecule has 6 nitrogen and oxygen atoms in total. The Kier molecular flexibility index (Phi) is 4.88. The average Bonchev–Trinajstić information content (AvgIpc) is 2.94. The molecule has 0 saturated heterocycles. The highest BCUT2D eigenvalue weighted by molar-refractivity contribution is 7.89. The van der Waals surface area contributed by atoms with Crippen LogP contribution in [0.4, 0.5) is 0 Å². The van der Waals surface area contributed by atoms with Gasteiger partial charge in [-0.15, -0.1) is 11.3 Å². The average molecular weight is 354 g/mol. The lowest BCUT2D eigenvalue weighted by Crippen LogP contribution is -2.43. The van der Waals surface area contributed by atoms with Crippen LogP contribution in [0.2, 0.25) is 0 Å². The molecular formula is C15H18N2O4S2. The first kappa shape index (κ1) is 17.6. The molecule has 0 saturated carbocycles. The summed E-state index contributed by atoms with van der Waals surface area (Å²) in [5.41, 5.74) is -0.341. The van der Waals surface area contributed by atoms with Gasteiger partial charge in [0.25, 0.3) is 0 Å². The van der Waals surface area contributed by atoms with E-state index in [1.54, 1.807) is 6.92 Å². The van der Waals surface area contributed by atoms with Gasteiger partial charge in [0.2, 0.25) is 10.0 Å². The van der Waals surface area contributed by atoms with Crippen LogP contribution in [0, 0.1) is 6.92 Å². The molecule has 0 amide bonds. The third-order valence-electron chi connectivity index (χ3n) is 3.56. The Labute approximate surface area is 139 Å². The van der Waals surface area contributed by atoms with Gasteiger partial charge in [0.1, 0.15) is 5.01 Å². The van der Waals surface area contributed by atoms with Gasteiger partial charge >= 0.3 is 5.97 Å². The minimum absolute atomic E-state index is 0.250. The molecule has 23 heavy (non-hydrogen) atoms. The summed E-state index contributed by atoms with van der Waals surface area (Å²) in [5.74, 6) is -1.28. The molecule has 2 N–H and O–H groups in total. The largest absolute Gasteiger partial charge is 0.478 e. The van der Waals surface area contributed by atoms with Crippen molar-refractivity contribution in [2.75, 3.05) is 0 Å². The Balaban J connectivity index is 2.47. The van der Waals surface area contributed by atoms with Gasteiger partial charge in [-0.05, 0) is 32.4 Å². The smallest absolute Gasteiger partial charge is 0.337 e. The van der Waals surface area contributed by atoms with Crippen molar-refractivity contribution in [3.8, 4) is 0 Å². The van der Waals surface area contributed by atoms with E-state index in [1.807, 2.05) is 19.2 Å². The predicted octanol–water partition coefficient (Wildman–Crippen LogP) is 2.75. The zero-order valence-corrected chi connectivity index (χ0v) is 14.7. The number of nitrogens with zero attached hydrogens (tertiary/aromatic N) is 1. The fourth-order valence-electron chi connectivity index (χ4n) is 2.10. The number of thiazole rings is 1. The molecule has 0 spiro atoms. The van der Waals surface area contributed by atoms with Crippen LogP contribution in [0.5, 0.6) is 0 Å². The highest BCUT2D eigenvalue weighted by Gasteiger charge is 2.34. The van der Waals surface area contributed by atoms with Crippen molar-refractivity contribution < 1.29 is 18.3 Å². The second-order valence-electron chi connectivity index (χ2n) is 5.39. The highest BCUT2D eigenvalue weighted by Crippen LogP contribution is 2.30. The van der Waals surface area contributed by atoms with E-state index >= 15 is 0 Å². The minimum Gasteiger partial charge on any atom is -0.478 e. The van der Waals surface area contributed by atoms with Gasteiger partial charge in [-0.3, -0.25) is 0 Å². The number of benzene rings is 1. The minimum atomic E-state index is -4.01. The van der Waals surface area contributed by atoms with Gasteiger partial charge in [0, 0.05) is 11.1 Å². The molecule has 0 aliphatic rings. The third-order valence-corrected chi connectivity index (χ3v) is 6.44. The van der Waals surface area contributed by atoms with Crippen molar-refractivity contribution >= 4 is 27.3 Å². The van der Waals surface area contributed by atoms with E-state index in [9.17, 15) is 18.3 Å². The van der Waals surface area contributed by atoms with Gasteiger partial charge in [0.05, 0.1) is 16.0 Å². The van der Waals surface area contributed by atoms with Crippen LogP contribution in [-0.2, 0) is 15.6 Å². The van der Waals surface area contributed by atoms with E-state index in [0.29, 0.717) is 11.4 Å². The number of sulfonamides is 1. The van der Waals surface area contributed by atoms with Gasteiger partial charge < -0.3 is 5.11 Å². The van der Waals surface area contributed by atoms with E-state index in [2.05, 4.69) is 9.71 Å². The molecule has 0 radical (unpaired) electrons. The van der Waals surface area contributed by atoms with Crippen LogP contribution in [0.1, 0.15) is 41.3 Å². The zero-order chi connectivity index (χ0) is 17.3. The van der Waals surface area contributed by atoms with Crippen LogP contribution < -0.4 is 4.72 Å². The van der Waals surface area contributed by atoms with Crippen LogP contribution in [0.25, 0.3) is 0 Å². The molecule has 1 aromatic carbocycles. The number of nitrogens with one attached hydrogen (secondary N) is 1. The Hall–Kier alpha value is -1.77. The molecule has 0 aliphatic carbocycles. The maximum Gasteiger partial charge on any atom is 0.337 e. The topological polar surface area (TPSA) is 96.4 Å². The number of carboxylic acid groups (broad SMARTS) is 1. The van der Waals surface area contributed by atoms with Gasteiger partial charge in [-0.25, -0.2) is 18.2 Å². The Morgan fingerprint density at radius 3 is 2.57 bits per heavy atom. The van der Waals surface area contributed by atoms with Gasteiger partial charge in [-0.1, -0.05) is 19.1 Å². The van der Waals surface area contributed by atoms with Crippen molar-refractivity contribution in [2.45, 2.75) is 37.6 Å². The fourth-order valence-corrected chi connectivity index (χ4v) is 4.80. The first-order valence-electron chi connectivity index (χ1n) is 6.98. The Morgan fingerprint density at radius 2 is 2.04 bits per heavy atom. The number of aromatic nitrogens is 1. The standard InChI is InChI=1S/C15H18N2O4S2/c1-4-15(3,14-16-10(2)9-22-14)17-23(20,21)12-8-6-5-7-11(12)13(18)19/h5-9,17H,4H2,1-3H3,(H,18,19). The molecule has 0 bridgehead atoms. The van der Waals surface area contributed by atoms with Crippen LogP contribution in [0.15, 0.2) is 34.5 Å². The van der Waals surface area contributed by atoms with Crippen LogP contribution >= 0.6 is 11.3 Å². The monoisotopic (exact) mass is 354 g/mol. The van der Waals surface area contributed by atoms with E-state index in [4.69, 9.17) is 0 Å². The molecule has 2 aromatic rings. The molecule has 1 atom stereocenters. The fraction of sp³-hybridized carbons (Fsp3) is 0.333. The number of aryl methyl sites for hydroxylation is 1. The summed E-state index contributed by atoms with van der Waals surface area (Å²) < 4.78 is 28.0. The van der Waals surface area contributed by atoms with Crippen molar-refractivity contribution in [3.05, 3.63) is 45.9 Å². The van der Waals surface area contributed by atoms with Crippen LogP contribution in [0.3, 0.4) is 0 Å². The lowest BCUT2D eigenvalue weighted by Gasteiger charge is -2.27. The maximum atomic E-state index is 12.7. The first-order valence-corrected chi connectivity index (χ1v) is 9.35. The number of hydrogen-bond donors (Lipinski definition) is 2. The number of hydrogen-bond acceptors (Lipinski definition) is 5. The normalized spacial score (nSPS) is 14.4. The summed E-state index contributed by atoms with van der Waals surface area (Å²) in [6, 6.07) is 5.55. The second-order valence-corrected chi connectivity index (χ2v) is 7.90. The molecule has 1 heterocycles. The van der Waals surface area contributed by atoms with Crippen LogP contribution in [-0.4, -0.2) is 24.5 Å². The van der Waals surface area contributed by atoms with Gasteiger partial charge in [0.15, 0.2) is 0 Å². The van der Waals surface area contributed by atoms with Crippen molar-refractivity contribution in [1.82, 2.24) is 9.71 Å². The van der Waals surface area contributed by atoms with E-state index in [-0.39, 0.29) is 10.5 Å². The summed E-state index contributed by atoms with van der Waals surface area (Å²) in [4.78, 5) is 15.4. The first-order chi connectivity index (χ1) is 10.7. The maximum absolute atomic E-state index is 12.7. The second kappa shape index (κ2) is 6.38. The summed E-state index contributed by atoms with van der Waals surface area (Å²) in [7, 11) is -4.01. The lowest BCUT2D eigenvalue weighted by molar-refractivity contribution is 0.0692. The number of aromatic carboxylic acids is 1. The quantitative estimate of drug-likeness (QED) is 0.831. The molecule has 8 heteroatoms. The summed E-state index contributed by atoms with van der Waals surface area (Å²) in [6.07, 6.45) is 0.481. The molecule has 1 unspecified atom stereocenters. The third kappa shape index (κ3) is 3.60. The molecule has 124 valence electrons. The highest BCUT2D eigenvalue weighted by atomic mass is 32.2. The van der Waals surface area contributed by atoms with Crippen molar-refractivity contribution in [3.63, 3.8) is 0 Å². The summed E-state index contributed by atoms with van der Waals surface area (Å²) in [5, 5.41) is 11.7. The molecule has 0 aliphatic heterocycles. The van der Waals surface area contributed by atoms with E-state index in [1.165, 1.54) is 35.6 Å². The Morgan fingerprint density at radius 1 is 1.39 bits per heavy atom. The number of carboxylic acids is 1. The summed E-state index contributed by atoms with van der Waals surface area (Å²) in [6.45, 7) is 5.43. The zero-order valence-electron chi connectivity index (χ0n) is 13.0. The molecule has 2 rings (SSSR count). The molecule has 1 aromatic heterocycles. The lowest BCUT2D eigenvalue weighted by atomic mass is 10.0. The predicted molar refractivity (Wildman–Crippen MR) is 88.2 cm³/mol. The van der Waals surface area contributed by atoms with Crippen molar-refractivity contribution in [1.29, 1.82) is 0 Å². The Bertz CT molecular complexity index is 830. The number of rotatable bonds is 6. The molecular weight excluding hydrogens is 336 g/mol. The molecule has 0 fully saturated rings. The van der Waals surface area contributed by atoms with E-state index in [0.717, 1.165) is 5.69 Å². The van der Waals surface area contributed by atoms with Crippen molar-refractivity contribution in [2.24, 2.45) is 0 Å². The summed E-state index contributed by atoms with van der Waals surface area (Å²) >= 11 is 1.37.